The summed E-state index contributed by atoms with van der Waals surface area (Å²) in [6.07, 6.45) is 3.45. The predicted molar refractivity (Wildman–Crippen MR) is 137 cm³/mol. The lowest BCUT2D eigenvalue weighted by Crippen LogP contribution is -2.46. The number of carbonyl (C=O) groups excluding carboxylic acids is 1. The van der Waals surface area contributed by atoms with Crippen LogP contribution in [0.15, 0.2) is 35.1 Å². The summed E-state index contributed by atoms with van der Waals surface area (Å²) in [7, 11) is 0. The molecule has 0 spiro atoms. The molecule has 0 unspecified atom stereocenters. The Bertz CT molecular complexity index is 1020. The number of halogens is 1. The first-order chi connectivity index (χ1) is 16.5. The summed E-state index contributed by atoms with van der Waals surface area (Å²) in [5.74, 6) is 0.842. The highest BCUT2D eigenvalue weighted by Crippen LogP contribution is 2.26. The van der Waals surface area contributed by atoms with E-state index in [1.165, 1.54) is 0 Å². The van der Waals surface area contributed by atoms with E-state index >= 15 is 0 Å². The number of hydrogen-bond acceptors (Lipinski definition) is 6. The minimum atomic E-state index is -0.130. The zero-order chi connectivity index (χ0) is 23.9. The Morgan fingerprint density at radius 3 is 2.56 bits per heavy atom. The van der Waals surface area contributed by atoms with E-state index in [1.807, 2.05) is 23.1 Å². The molecule has 4 rings (SSSR count). The fraction of sp³-hybridized carbons (Fsp3) is 0.560. The van der Waals surface area contributed by atoms with Crippen LogP contribution in [-0.4, -0.2) is 78.0 Å². The van der Waals surface area contributed by atoms with Crippen LogP contribution in [0.25, 0.3) is 0 Å². The Morgan fingerprint density at radius 2 is 1.79 bits per heavy atom. The molecular formula is C25H35ClN6O2. The highest BCUT2D eigenvalue weighted by Gasteiger charge is 2.22. The van der Waals surface area contributed by atoms with Crippen LogP contribution >= 0.6 is 11.6 Å². The second kappa shape index (κ2) is 11.7. The molecule has 1 amide bonds. The molecule has 1 aromatic carbocycles. The van der Waals surface area contributed by atoms with Crippen LogP contribution in [0.2, 0.25) is 5.02 Å². The molecule has 3 heterocycles. The normalized spacial score (nSPS) is 17.6. The van der Waals surface area contributed by atoms with Crippen LogP contribution in [-0.2, 0) is 11.3 Å². The second-order valence-corrected chi connectivity index (χ2v) is 9.51. The Kier molecular flexibility index (Phi) is 8.45. The minimum Gasteiger partial charge on any atom is -0.368 e. The molecule has 1 aromatic heterocycles. The summed E-state index contributed by atoms with van der Waals surface area (Å²) < 4.78 is 0. The smallest absolute Gasteiger partial charge is 0.252 e. The number of rotatable bonds is 7. The number of para-hydroxylation sites is 1. The molecule has 1 N–H and O–H groups in total. The standard InChI is InChI=1S/C25H35ClN6O2/c1-2-3-9-24(34)31-10-6-11-32(17-16-31)25-27-20(18-23(33)28-25)19-29-12-14-30(15-13-29)22-8-5-4-7-21(22)26/h4-5,7-8,18H,2-3,6,9-17,19H2,1H3,(H,27,28,33). The third-order valence-corrected chi connectivity index (χ3v) is 6.95. The van der Waals surface area contributed by atoms with Gasteiger partial charge in [-0.2, -0.15) is 0 Å². The third kappa shape index (κ3) is 6.30. The molecule has 8 nitrogen and oxygen atoms in total. The molecule has 2 fully saturated rings. The van der Waals surface area contributed by atoms with E-state index in [1.54, 1.807) is 6.07 Å². The first kappa shape index (κ1) is 24.5. The molecule has 34 heavy (non-hydrogen) atoms. The van der Waals surface area contributed by atoms with Gasteiger partial charge in [-0.05, 0) is 25.0 Å². The van der Waals surface area contributed by atoms with E-state index < -0.39 is 0 Å². The van der Waals surface area contributed by atoms with Crippen LogP contribution in [0, 0.1) is 0 Å². The molecule has 0 radical (unpaired) electrons. The van der Waals surface area contributed by atoms with Gasteiger partial charge in [0.1, 0.15) is 0 Å². The molecule has 0 saturated carbocycles. The van der Waals surface area contributed by atoms with E-state index in [0.717, 1.165) is 74.9 Å². The summed E-state index contributed by atoms with van der Waals surface area (Å²) in [5, 5.41) is 0.778. The third-order valence-electron chi connectivity index (χ3n) is 6.63. The fourth-order valence-corrected chi connectivity index (χ4v) is 4.93. The van der Waals surface area contributed by atoms with Gasteiger partial charge in [-0.1, -0.05) is 37.1 Å². The summed E-state index contributed by atoms with van der Waals surface area (Å²) in [5.41, 5.74) is 1.73. The van der Waals surface area contributed by atoms with Gasteiger partial charge < -0.3 is 14.7 Å². The second-order valence-electron chi connectivity index (χ2n) is 9.10. The van der Waals surface area contributed by atoms with E-state index in [-0.39, 0.29) is 11.5 Å². The lowest BCUT2D eigenvalue weighted by molar-refractivity contribution is -0.131. The van der Waals surface area contributed by atoms with Gasteiger partial charge in [0.2, 0.25) is 11.9 Å². The average Bonchev–Trinajstić information content (AvgIpc) is 3.10. The predicted octanol–water partition coefficient (Wildman–Crippen LogP) is 2.97. The van der Waals surface area contributed by atoms with Crippen molar-refractivity contribution in [1.29, 1.82) is 0 Å². The summed E-state index contributed by atoms with van der Waals surface area (Å²) in [6.45, 7) is 9.16. The van der Waals surface area contributed by atoms with E-state index in [4.69, 9.17) is 16.6 Å². The highest BCUT2D eigenvalue weighted by atomic mass is 35.5. The largest absolute Gasteiger partial charge is 0.368 e. The quantitative estimate of drug-likeness (QED) is 0.648. The van der Waals surface area contributed by atoms with Gasteiger partial charge in [-0.3, -0.25) is 19.5 Å². The lowest BCUT2D eigenvalue weighted by Gasteiger charge is -2.36. The number of aromatic amines is 1. The topological polar surface area (TPSA) is 75.8 Å². The number of piperazine rings is 1. The van der Waals surface area contributed by atoms with Crippen LogP contribution in [0.3, 0.4) is 0 Å². The summed E-state index contributed by atoms with van der Waals surface area (Å²) in [6, 6.07) is 9.54. The van der Waals surface area contributed by atoms with Crippen molar-refractivity contribution in [3.8, 4) is 0 Å². The number of anilines is 2. The van der Waals surface area contributed by atoms with Crippen LogP contribution in [0.1, 0.15) is 38.3 Å². The first-order valence-corrected chi connectivity index (χ1v) is 12.8. The lowest BCUT2D eigenvalue weighted by atomic mass is 10.2. The maximum Gasteiger partial charge on any atom is 0.252 e. The number of H-pyrrole nitrogens is 1. The first-order valence-electron chi connectivity index (χ1n) is 12.4. The average molecular weight is 487 g/mol. The van der Waals surface area contributed by atoms with Gasteiger partial charge >= 0.3 is 0 Å². The van der Waals surface area contributed by atoms with Gasteiger partial charge in [0.25, 0.3) is 5.56 Å². The van der Waals surface area contributed by atoms with Crippen LogP contribution < -0.4 is 15.4 Å². The zero-order valence-corrected chi connectivity index (χ0v) is 20.8. The molecule has 2 aromatic rings. The van der Waals surface area contributed by atoms with Crippen molar-refractivity contribution in [2.45, 2.75) is 39.2 Å². The van der Waals surface area contributed by atoms with E-state index in [0.29, 0.717) is 32.0 Å². The van der Waals surface area contributed by atoms with Gasteiger partial charge in [0.15, 0.2) is 0 Å². The molecule has 0 aliphatic carbocycles. The Balaban J connectivity index is 1.35. The number of aromatic nitrogens is 2. The Hall–Kier alpha value is -2.58. The van der Waals surface area contributed by atoms with Crippen molar-refractivity contribution in [3.63, 3.8) is 0 Å². The van der Waals surface area contributed by atoms with E-state index in [2.05, 4.69) is 32.7 Å². The molecular weight excluding hydrogens is 452 g/mol. The number of amides is 1. The minimum absolute atomic E-state index is 0.130. The molecule has 0 atom stereocenters. The van der Waals surface area contributed by atoms with Crippen LogP contribution in [0.4, 0.5) is 11.6 Å². The number of nitrogens with one attached hydrogen (secondary N) is 1. The van der Waals surface area contributed by atoms with Gasteiger partial charge in [-0.25, -0.2) is 4.98 Å². The number of unbranched alkanes of at least 4 members (excludes halogenated alkanes) is 1. The number of carbonyl (C=O) groups is 1. The molecule has 9 heteroatoms. The van der Waals surface area contributed by atoms with Crippen LogP contribution in [0.5, 0.6) is 0 Å². The van der Waals surface area contributed by atoms with Gasteiger partial charge in [-0.15, -0.1) is 0 Å². The van der Waals surface area contributed by atoms with Crippen molar-refractivity contribution in [2.24, 2.45) is 0 Å². The van der Waals surface area contributed by atoms with Crippen molar-refractivity contribution in [1.82, 2.24) is 19.8 Å². The summed E-state index contributed by atoms with van der Waals surface area (Å²) in [4.78, 5) is 41.2. The van der Waals surface area contributed by atoms with Crippen molar-refractivity contribution in [3.05, 3.63) is 51.4 Å². The van der Waals surface area contributed by atoms with E-state index in [9.17, 15) is 9.59 Å². The number of nitrogens with zero attached hydrogens (tertiary/aromatic N) is 5. The molecule has 2 aliphatic heterocycles. The maximum absolute atomic E-state index is 12.4. The van der Waals surface area contributed by atoms with Crippen molar-refractivity contribution < 1.29 is 4.79 Å². The molecule has 2 saturated heterocycles. The molecule has 184 valence electrons. The Labute approximate surface area is 206 Å². The molecule has 0 bridgehead atoms. The summed E-state index contributed by atoms with van der Waals surface area (Å²) >= 11 is 6.36. The van der Waals surface area contributed by atoms with Gasteiger partial charge in [0.05, 0.1) is 16.4 Å². The van der Waals surface area contributed by atoms with Gasteiger partial charge in [0, 0.05) is 71.4 Å². The fourth-order valence-electron chi connectivity index (χ4n) is 4.67. The number of benzene rings is 1. The van der Waals surface area contributed by atoms with Crippen molar-refractivity contribution in [2.75, 3.05) is 62.2 Å². The SMILES string of the molecule is CCCCC(=O)N1CCCN(c2nc(CN3CCN(c4ccccc4Cl)CC3)cc(=O)[nH]2)CC1. The number of hydrogen-bond donors (Lipinski definition) is 1. The maximum atomic E-state index is 12.4. The Morgan fingerprint density at radius 1 is 1.03 bits per heavy atom. The molecule has 2 aliphatic rings. The highest BCUT2D eigenvalue weighted by molar-refractivity contribution is 6.33. The monoisotopic (exact) mass is 486 g/mol. The van der Waals surface area contributed by atoms with Crippen molar-refractivity contribution >= 4 is 29.1 Å². The zero-order valence-electron chi connectivity index (χ0n) is 20.0.